The number of nitrogens with zero attached hydrogens (tertiary/aromatic N) is 3. The SMILES string of the molecule is CC1(N2CCN(c3cc4cc(NC(=O)C5CC5)ncc4cc3F)CC2)COCC1O. The maximum Gasteiger partial charge on any atom is 0.228 e. The first-order chi connectivity index (χ1) is 14.4. The van der Waals surface area contributed by atoms with Gasteiger partial charge in [0.2, 0.25) is 5.91 Å². The van der Waals surface area contributed by atoms with Gasteiger partial charge in [0.05, 0.1) is 30.5 Å². The number of benzene rings is 1. The molecule has 3 heterocycles. The Hall–Kier alpha value is -2.29. The quantitative estimate of drug-likeness (QED) is 0.797. The summed E-state index contributed by atoms with van der Waals surface area (Å²) in [4.78, 5) is 20.6. The number of aromatic nitrogens is 1. The van der Waals surface area contributed by atoms with Crippen LogP contribution in [0.5, 0.6) is 0 Å². The summed E-state index contributed by atoms with van der Waals surface area (Å²) < 4.78 is 20.3. The Balaban J connectivity index is 1.33. The van der Waals surface area contributed by atoms with Crippen LogP contribution >= 0.6 is 0 Å². The molecule has 1 aliphatic carbocycles. The van der Waals surface area contributed by atoms with Crippen molar-refractivity contribution in [2.75, 3.05) is 49.6 Å². The van der Waals surface area contributed by atoms with E-state index >= 15 is 0 Å². The Morgan fingerprint density at radius 3 is 2.67 bits per heavy atom. The first kappa shape index (κ1) is 19.7. The van der Waals surface area contributed by atoms with Crippen molar-refractivity contribution in [2.45, 2.75) is 31.4 Å². The van der Waals surface area contributed by atoms with Crippen LogP contribution in [-0.4, -0.2) is 71.9 Å². The van der Waals surface area contributed by atoms with Gasteiger partial charge in [0, 0.05) is 43.7 Å². The molecule has 2 unspecified atom stereocenters. The third kappa shape index (κ3) is 3.53. The highest BCUT2D eigenvalue weighted by atomic mass is 19.1. The summed E-state index contributed by atoms with van der Waals surface area (Å²) >= 11 is 0. The van der Waals surface area contributed by atoms with Gasteiger partial charge in [-0.3, -0.25) is 9.69 Å². The van der Waals surface area contributed by atoms with Gasteiger partial charge in [-0.15, -0.1) is 0 Å². The molecule has 2 saturated heterocycles. The van der Waals surface area contributed by atoms with Crippen molar-refractivity contribution in [1.82, 2.24) is 9.88 Å². The van der Waals surface area contributed by atoms with Gasteiger partial charge in [0.1, 0.15) is 11.6 Å². The lowest BCUT2D eigenvalue weighted by Gasteiger charge is -2.45. The molecule has 0 radical (unpaired) electrons. The predicted molar refractivity (Wildman–Crippen MR) is 112 cm³/mol. The zero-order chi connectivity index (χ0) is 20.9. The molecule has 30 heavy (non-hydrogen) atoms. The average Bonchev–Trinajstić information content (AvgIpc) is 3.54. The smallest absolute Gasteiger partial charge is 0.228 e. The third-order valence-corrected chi connectivity index (χ3v) is 6.72. The van der Waals surface area contributed by atoms with E-state index in [9.17, 15) is 14.3 Å². The van der Waals surface area contributed by atoms with Crippen LogP contribution in [0, 0.1) is 11.7 Å². The number of nitrogens with one attached hydrogen (secondary N) is 1. The van der Waals surface area contributed by atoms with Gasteiger partial charge in [0.25, 0.3) is 0 Å². The first-order valence-electron chi connectivity index (χ1n) is 10.6. The monoisotopic (exact) mass is 414 g/mol. The van der Waals surface area contributed by atoms with Crippen molar-refractivity contribution in [3.63, 3.8) is 0 Å². The Bertz CT molecular complexity index is 974. The normalized spacial score (nSPS) is 27.6. The van der Waals surface area contributed by atoms with E-state index in [0.29, 0.717) is 43.2 Å². The molecule has 1 aromatic carbocycles. The van der Waals surface area contributed by atoms with E-state index in [1.807, 2.05) is 24.0 Å². The van der Waals surface area contributed by atoms with Gasteiger partial charge in [0.15, 0.2) is 0 Å². The number of piperazine rings is 1. The Kier molecular flexibility index (Phi) is 4.88. The molecule has 2 N–H and O–H groups in total. The molecule has 2 atom stereocenters. The zero-order valence-electron chi connectivity index (χ0n) is 17.1. The highest BCUT2D eigenvalue weighted by Gasteiger charge is 2.44. The van der Waals surface area contributed by atoms with Gasteiger partial charge in [-0.2, -0.15) is 0 Å². The molecule has 2 aliphatic heterocycles. The van der Waals surface area contributed by atoms with E-state index in [1.54, 1.807) is 6.20 Å². The van der Waals surface area contributed by atoms with E-state index in [0.717, 1.165) is 31.3 Å². The summed E-state index contributed by atoms with van der Waals surface area (Å²) in [6.07, 6.45) is 2.97. The lowest BCUT2D eigenvalue weighted by Crippen LogP contribution is -2.60. The number of pyridine rings is 1. The molecule has 2 aromatic rings. The molecule has 0 bridgehead atoms. The molecule has 1 saturated carbocycles. The molecule has 3 fully saturated rings. The number of ether oxygens (including phenoxy) is 1. The lowest BCUT2D eigenvalue weighted by atomic mass is 9.95. The largest absolute Gasteiger partial charge is 0.389 e. The molecular weight excluding hydrogens is 387 g/mol. The van der Waals surface area contributed by atoms with Crippen molar-refractivity contribution >= 4 is 28.2 Å². The van der Waals surface area contributed by atoms with Crippen molar-refractivity contribution in [3.8, 4) is 0 Å². The van der Waals surface area contributed by atoms with Gasteiger partial charge in [-0.25, -0.2) is 9.37 Å². The number of anilines is 2. The second kappa shape index (κ2) is 7.44. The van der Waals surface area contributed by atoms with Gasteiger partial charge < -0.3 is 20.1 Å². The molecule has 3 aliphatic rings. The number of fused-ring (bicyclic) bond motifs is 1. The number of carbonyl (C=O) groups is 1. The van der Waals surface area contributed by atoms with Crippen LogP contribution < -0.4 is 10.2 Å². The van der Waals surface area contributed by atoms with Crippen molar-refractivity contribution in [2.24, 2.45) is 5.92 Å². The van der Waals surface area contributed by atoms with Crippen LogP contribution in [0.3, 0.4) is 0 Å². The fourth-order valence-electron chi connectivity index (χ4n) is 4.45. The molecule has 5 rings (SSSR count). The minimum absolute atomic E-state index is 0.00637. The fraction of sp³-hybridized carbons (Fsp3) is 0.545. The summed E-state index contributed by atoms with van der Waals surface area (Å²) in [5, 5.41) is 14.7. The molecule has 0 spiro atoms. The number of amides is 1. The van der Waals surface area contributed by atoms with Crippen LogP contribution in [0.2, 0.25) is 0 Å². The number of hydrogen-bond donors (Lipinski definition) is 2. The second-order valence-corrected chi connectivity index (χ2v) is 8.85. The van der Waals surface area contributed by atoms with Crippen molar-refractivity contribution < 1.29 is 19.0 Å². The summed E-state index contributed by atoms with van der Waals surface area (Å²) in [7, 11) is 0. The Morgan fingerprint density at radius 2 is 2.00 bits per heavy atom. The van der Waals surface area contributed by atoms with Crippen LogP contribution in [0.4, 0.5) is 15.9 Å². The highest BCUT2D eigenvalue weighted by Crippen LogP contribution is 2.32. The van der Waals surface area contributed by atoms with Crippen LogP contribution in [0.15, 0.2) is 24.4 Å². The molecule has 8 heteroatoms. The van der Waals surface area contributed by atoms with Crippen molar-refractivity contribution in [3.05, 3.63) is 30.2 Å². The van der Waals surface area contributed by atoms with Crippen LogP contribution in [0.25, 0.3) is 10.8 Å². The van der Waals surface area contributed by atoms with Crippen LogP contribution in [0.1, 0.15) is 19.8 Å². The predicted octanol–water partition coefficient (Wildman–Crippen LogP) is 1.99. The van der Waals surface area contributed by atoms with E-state index in [-0.39, 0.29) is 23.2 Å². The number of carbonyl (C=O) groups excluding carboxylic acids is 1. The number of aliphatic hydroxyl groups excluding tert-OH is 1. The van der Waals surface area contributed by atoms with E-state index < -0.39 is 6.10 Å². The minimum atomic E-state index is -0.502. The Morgan fingerprint density at radius 1 is 1.23 bits per heavy atom. The number of aliphatic hydroxyl groups is 1. The van der Waals surface area contributed by atoms with Crippen LogP contribution in [-0.2, 0) is 9.53 Å². The maximum absolute atomic E-state index is 14.9. The number of hydrogen-bond acceptors (Lipinski definition) is 6. The first-order valence-corrected chi connectivity index (χ1v) is 10.6. The maximum atomic E-state index is 14.9. The van der Waals surface area contributed by atoms with Gasteiger partial charge in [-0.1, -0.05) is 0 Å². The van der Waals surface area contributed by atoms with Gasteiger partial charge >= 0.3 is 0 Å². The standard InChI is InChI=1S/C22H27FN4O3/c1-22(13-30-12-19(22)28)27-6-4-26(5-7-27)18-9-15-10-20(25-21(29)14-2-3-14)24-11-16(15)8-17(18)23/h8-11,14,19,28H,2-7,12-13H2,1H3,(H,24,25,29). The summed E-state index contributed by atoms with van der Waals surface area (Å²) in [5.74, 6) is 0.341. The molecule has 1 amide bonds. The lowest BCUT2D eigenvalue weighted by molar-refractivity contribution is -0.117. The third-order valence-electron chi connectivity index (χ3n) is 6.72. The summed E-state index contributed by atoms with van der Waals surface area (Å²) in [6, 6.07) is 5.15. The molecular formula is C22H27FN4O3. The molecule has 7 nitrogen and oxygen atoms in total. The molecule has 1 aromatic heterocycles. The number of halogens is 1. The average molecular weight is 414 g/mol. The number of rotatable bonds is 4. The summed E-state index contributed by atoms with van der Waals surface area (Å²) in [5.41, 5.74) is 0.176. The van der Waals surface area contributed by atoms with E-state index in [1.165, 1.54) is 6.07 Å². The topological polar surface area (TPSA) is 77.9 Å². The van der Waals surface area contributed by atoms with E-state index in [2.05, 4.69) is 15.2 Å². The highest BCUT2D eigenvalue weighted by molar-refractivity contribution is 5.95. The van der Waals surface area contributed by atoms with Gasteiger partial charge in [-0.05, 0) is 43.4 Å². The Labute approximate surface area is 174 Å². The minimum Gasteiger partial charge on any atom is -0.389 e. The van der Waals surface area contributed by atoms with Crippen molar-refractivity contribution in [1.29, 1.82) is 0 Å². The molecule has 160 valence electrons. The second-order valence-electron chi connectivity index (χ2n) is 8.85. The van der Waals surface area contributed by atoms with E-state index in [4.69, 9.17) is 4.74 Å². The summed E-state index contributed by atoms with van der Waals surface area (Å²) in [6.45, 7) is 5.70. The fourth-order valence-corrected chi connectivity index (χ4v) is 4.45. The zero-order valence-corrected chi connectivity index (χ0v) is 17.1.